The van der Waals surface area contributed by atoms with Crippen LogP contribution in [0.3, 0.4) is 0 Å². The van der Waals surface area contributed by atoms with Crippen LogP contribution in [0.15, 0.2) is 60.7 Å². The lowest BCUT2D eigenvalue weighted by Gasteiger charge is -2.32. The fourth-order valence-electron chi connectivity index (χ4n) is 3.06. The first-order valence-electron chi connectivity index (χ1n) is 9.04. The molecule has 0 atom stereocenters. The van der Waals surface area contributed by atoms with Crippen LogP contribution >= 0.6 is 0 Å². The number of para-hydroxylation sites is 1. The van der Waals surface area contributed by atoms with Gasteiger partial charge in [0.15, 0.2) is 0 Å². The highest BCUT2D eigenvalue weighted by atomic mass is 16.5. The summed E-state index contributed by atoms with van der Waals surface area (Å²) in [5.74, 6) is 0.836. The zero-order chi connectivity index (χ0) is 18.2. The first-order valence-corrected chi connectivity index (χ1v) is 9.04. The fourth-order valence-corrected chi connectivity index (χ4v) is 3.06. The number of ether oxygens (including phenoxy) is 1. The van der Waals surface area contributed by atoms with Crippen molar-refractivity contribution in [2.45, 2.75) is 25.3 Å². The van der Waals surface area contributed by atoms with E-state index in [1.165, 1.54) is 0 Å². The highest BCUT2D eigenvalue weighted by Gasteiger charge is 2.23. The summed E-state index contributed by atoms with van der Waals surface area (Å²) < 4.78 is 5.59. The van der Waals surface area contributed by atoms with Crippen molar-refractivity contribution in [3.63, 3.8) is 0 Å². The molecule has 136 valence electrons. The van der Waals surface area contributed by atoms with Gasteiger partial charge in [-0.15, -0.1) is 0 Å². The Morgan fingerprint density at radius 1 is 0.962 bits per heavy atom. The summed E-state index contributed by atoms with van der Waals surface area (Å²) in [4.78, 5) is 26.4. The number of likely N-dealkylation sites (tertiary alicyclic amines) is 1. The van der Waals surface area contributed by atoms with Gasteiger partial charge < -0.3 is 15.0 Å². The summed E-state index contributed by atoms with van der Waals surface area (Å²) in [6.07, 6.45) is 1.93. The van der Waals surface area contributed by atoms with Crippen molar-refractivity contribution in [1.29, 1.82) is 0 Å². The molecule has 3 rings (SSSR count). The average molecular weight is 352 g/mol. The smallest absolute Gasteiger partial charge is 0.251 e. The van der Waals surface area contributed by atoms with Crippen molar-refractivity contribution < 1.29 is 14.3 Å². The van der Waals surface area contributed by atoms with E-state index in [1.807, 2.05) is 53.4 Å². The Hall–Kier alpha value is -2.82. The Morgan fingerprint density at radius 2 is 1.58 bits per heavy atom. The Kier molecular flexibility index (Phi) is 6.25. The van der Waals surface area contributed by atoms with Gasteiger partial charge in [0, 0.05) is 24.7 Å². The summed E-state index contributed by atoms with van der Waals surface area (Å²) in [5, 5.41) is 3.06. The first kappa shape index (κ1) is 18.0. The number of piperidine rings is 1. The van der Waals surface area contributed by atoms with E-state index in [2.05, 4.69) is 5.32 Å². The van der Waals surface area contributed by atoms with Crippen molar-refractivity contribution in [1.82, 2.24) is 10.2 Å². The molecule has 2 aromatic carbocycles. The molecule has 1 fully saturated rings. The molecule has 1 heterocycles. The van der Waals surface area contributed by atoms with Gasteiger partial charge in [0.2, 0.25) is 5.91 Å². The Labute approximate surface area is 154 Å². The second-order valence-corrected chi connectivity index (χ2v) is 6.41. The van der Waals surface area contributed by atoms with E-state index in [-0.39, 0.29) is 17.9 Å². The van der Waals surface area contributed by atoms with E-state index >= 15 is 0 Å². The predicted octanol–water partition coefficient (Wildman–Crippen LogP) is 2.88. The number of carbonyl (C=O) groups is 2. The molecule has 2 aromatic rings. The molecule has 1 aliphatic rings. The summed E-state index contributed by atoms with van der Waals surface area (Å²) in [6.45, 7) is 1.72. The monoisotopic (exact) mass is 352 g/mol. The number of benzene rings is 2. The van der Waals surface area contributed by atoms with Crippen LogP contribution in [0.2, 0.25) is 0 Å². The van der Waals surface area contributed by atoms with E-state index in [1.54, 1.807) is 12.1 Å². The SMILES string of the molecule is O=C(NC1CCN(C(=O)CCOc2ccccc2)CC1)c1ccccc1. The number of nitrogens with zero attached hydrogens (tertiary/aromatic N) is 1. The third-order valence-corrected chi connectivity index (χ3v) is 4.55. The van der Waals surface area contributed by atoms with E-state index in [4.69, 9.17) is 4.74 Å². The van der Waals surface area contributed by atoms with E-state index in [0.29, 0.717) is 31.7 Å². The minimum Gasteiger partial charge on any atom is -0.493 e. The highest BCUT2D eigenvalue weighted by molar-refractivity contribution is 5.94. The van der Waals surface area contributed by atoms with Gasteiger partial charge in [0.1, 0.15) is 5.75 Å². The van der Waals surface area contributed by atoms with E-state index < -0.39 is 0 Å². The Balaban J connectivity index is 1.37. The van der Waals surface area contributed by atoms with Crippen LogP contribution in [0.1, 0.15) is 29.6 Å². The Morgan fingerprint density at radius 3 is 2.23 bits per heavy atom. The van der Waals surface area contributed by atoms with Crippen LogP contribution < -0.4 is 10.1 Å². The second-order valence-electron chi connectivity index (χ2n) is 6.41. The maximum atomic E-state index is 12.3. The van der Waals surface area contributed by atoms with Gasteiger partial charge in [-0.25, -0.2) is 0 Å². The lowest BCUT2D eigenvalue weighted by molar-refractivity contribution is -0.132. The zero-order valence-corrected chi connectivity index (χ0v) is 14.8. The first-order chi connectivity index (χ1) is 12.7. The van der Waals surface area contributed by atoms with Crippen molar-refractivity contribution in [3.8, 4) is 5.75 Å². The largest absolute Gasteiger partial charge is 0.493 e. The number of carbonyl (C=O) groups excluding carboxylic acids is 2. The molecule has 0 radical (unpaired) electrons. The minimum atomic E-state index is -0.0494. The predicted molar refractivity (Wildman–Crippen MR) is 100 cm³/mol. The van der Waals surface area contributed by atoms with Crippen LogP contribution in [-0.4, -0.2) is 42.5 Å². The summed E-state index contributed by atoms with van der Waals surface area (Å²) in [6, 6.07) is 18.8. The molecule has 0 aliphatic carbocycles. The molecule has 1 N–H and O–H groups in total. The van der Waals surface area contributed by atoms with Gasteiger partial charge in [-0.05, 0) is 37.1 Å². The molecule has 0 unspecified atom stereocenters. The van der Waals surface area contributed by atoms with Crippen LogP contribution in [0, 0.1) is 0 Å². The van der Waals surface area contributed by atoms with Crippen molar-refractivity contribution in [2.75, 3.05) is 19.7 Å². The fraction of sp³-hybridized carbons (Fsp3) is 0.333. The molecule has 5 nitrogen and oxygen atoms in total. The number of hydrogen-bond donors (Lipinski definition) is 1. The minimum absolute atomic E-state index is 0.0494. The summed E-state index contributed by atoms with van der Waals surface area (Å²) in [5.41, 5.74) is 0.670. The molecule has 1 saturated heterocycles. The molecule has 0 bridgehead atoms. The summed E-state index contributed by atoms with van der Waals surface area (Å²) in [7, 11) is 0. The molecular formula is C21H24N2O3. The Bertz CT molecular complexity index is 711. The van der Waals surface area contributed by atoms with Crippen molar-refractivity contribution >= 4 is 11.8 Å². The van der Waals surface area contributed by atoms with Gasteiger partial charge in [-0.2, -0.15) is 0 Å². The van der Waals surface area contributed by atoms with Crippen LogP contribution in [0.4, 0.5) is 0 Å². The summed E-state index contributed by atoms with van der Waals surface area (Å²) >= 11 is 0. The third-order valence-electron chi connectivity index (χ3n) is 4.55. The quantitative estimate of drug-likeness (QED) is 0.870. The van der Waals surface area contributed by atoms with Gasteiger partial charge in [-0.3, -0.25) is 9.59 Å². The molecule has 0 spiro atoms. The lowest BCUT2D eigenvalue weighted by Crippen LogP contribution is -2.46. The lowest BCUT2D eigenvalue weighted by atomic mass is 10.0. The number of rotatable bonds is 6. The van der Waals surface area contributed by atoms with Crippen molar-refractivity contribution in [2.24, 2.45) is 0 Å². The third kappa shape index (κ3) is 5.09. The van der Waals surface area contributed by atoms with E-state index in [0.717, 1.165) is 18.6 Å². The van der Waals surface area contributed by atoms with E-state index in [9.17, 15) is 9.59 Å². The maximum absolute atomic E-state index is 12.3. The van der Waals surface area contributed by atoms with Crippen LogP contribution in [-0.2, 0) is 4.79 Å². The van der Waals surface area contributed by atoms with Gasteiger partial charge >= 0.3 is 0 Å². The molecule has 26 heavy (non-hydrogen) atoms. The van der Waals surface area contributed by atoms with Crippen LogP contribution in [0.5, 0.6) is 5.75 Å². The highest BCUT2D eigenvalue weighted by Crippen LogP contribution is 2.13. The second kappa shape index (κ2) is 9.04. The standard InChI is InChI=1S/C21H24N2O3/c24-20(13-16-26-19-9-5-2-6-10-19)23-14-11-18(12-15-23)22-21(25)17-7-3-1-4-8-17/h1-10,18H,11-16H2,(H,22,25). The number of hydrogen-bond acceptors (Lipinski definition) is 3. The topological polar surface area (TPSA) is 58.6 Å². The normalized spacial score (nSPS) is 14.7. The number of nitrogens with one attached hydrogen (secondary N) is 1. The number of amides is 2. The van der Waals surface area contributed by atoms with Gasteiger partial charge in [0.25, 0.3) is 5.91 Å². The molecule has 2 amide bonds. The molecular weight excluding hydrogens is 328 g/mol. The van der Waals surface area contributed by atoms with Crippen molar-refractivity contribution in [3.05, 3.63) is 66.2 Å². The molecule has 0 saturated carbocycles. The maximum Gasteiger partial charge on any atom is 0.251 e. The van der Waals surface area contributed by atoms with Gasteiger partial charge in [-0.1, -0.05) is 36.4 Å². The molecule has 5 heteroatoms. The molecule has 1 aliphatic heterocycles. The molecule has 0 aromatic heterocycles. The van der Waals surface area contributed by atoms with Gasteiger partial charge in [0.05, 0.1) is 13.0 Å². The van der Waals surface area contributed by atoms with Crippen LogP contribution in [0.25, 0.3) is 0 Å². The average Bonchev–Trinajstić information content (AvgIpc) is 2.70. The zero-order valence-electron chi connectivity index (χ0n) is 14.8.